The maximum atomic E-state index is 12.3. The van der Waals surface area contributed by atoms with Crippen LogP contribution in [-0.4, -0.2) is 25.2 Å². The van der Waals surface area contributed by atoms with Gasteiger partial charge in [0.2, 0.25) is 0 Å². The SMILES string of the molecule is COc1cc(NC(=O)NCc2sc(-c3ccccc3C)nc2C)cc(OC)c1. The maximum Gasteiger partial charge on any atom is 0.319 e. The lowest BCUT2D eigenvalue weighted by molar-refractivity contribution is 0.252. The number of amides is 2. The van der Waals surface area contributed by atoms with Gasteiger partial charge in [0.1, 0.15) is 16.5 Å². The standard InChI is InChI=1S/C21H23N3O3S/c1-13-7-5-6-8-18(13)20-23-14(2)19(28-20)12-22-21(25)24-15-9-16(26-3)11-17(10-15)27-4/h5-11H,12H2,1-4H3,(H2,22,24,25). The molecule has 7 heteroatoms. The van der Waals surface area contributed by atoms with E-state index in [0.717, 1.165) is 21.1 Å². The van der Waals surface area contributed by atoms with Gasteiger partial charge in [0.05, 0.1) is 26.5 Å². The van der Waals surface area contributed by atoms with E-state index in [9.17, 15) is 4.79 Å². The largest absolute Gasteiger partial charge is 0.497 e. The maximum absolute atomic E-state index is 12.3. The number of ether oxygens (including phenoxy) is 2. The van der Waals surface area contributed by atoms with Crippen LogP contribution in [0, 0.1) is 13.8 Å². The Hall–Kier alpha value is -3.06. The van der Waals surface area contributed by atoms with Gasteiger partial charge >= 0.3 is 6.03 Å². The Bertz CT molecular complexity index is 963. The van der Waals surface area contributed by atoms with Crippen molar-refractivity contribution in [1.82, 2.24) is 10.3 Å². The Morgan fingerprint density at radius 2 is 1.75 bits per heavy atom. The molecule has 0 spiro atoms. The minimum Gasteiger partial charge on any atom is -0.497 e. The molecule has 0 saturated carbocycles. The molecule has 3 aromatic rings. The van der Waals surface area contributed by atoms with Gasteiger partial charge in [0.15, 0.2) is 0 Å². The highest BCUT2D eigenvalue weighted by atomic mass is 32.1. The van der Waals surface area contributed by atoms with Gasteiger partial charge in [-0.3, -0.25) is 0 Å². The van der Waals surface area contributed by atoms with Crippen molar-refractivity contribution in [3.63, 3.8) is 0 Å². The van der Waals surface area contributed by atoms with Crippen LogP contribution < -0.4 is 20.1 Å². The van der Waals surface area contributed by atoms with Crippen LogP contribution in [0.25, 0.3) is 10.6 Å². The van der Waals surface area contributed by atoms with Crippen LogP contribution in [0.1, 0.15) is 16.1 Å². The smallest absolute Gasteiger partial charge is 0.319 e. The Morgan fingerprint density at radius 1 is 1.07 bits per heavy atom. The summed E-state index contributed by atoms with van der Waals surface area (Å²) in [6.45, 7) is 4.43. The molecule has 0 aliphatic carbocycles. The van der Waals surface area contributed by atoms with Crippen molar-refractivity contribution in [2.75, 3.05) is 19.5 Å². The van der Waals surface area contributed by atoms with E-state index in [0.29, 0.717) is 23.7 Å². The topological polar surface area (TPSA) is 72.5 Å². The van der Waals surface area contributed by atoms with E-state index in [4.69, 9.17) is 9.47 Å². The Balaban J connectivity index is 1.66. The van der Waals surface area contributed by atoms with Gasteiger partial charge in [0.25, 0.3) is 0 Å². The molecule has 2 amide bonds. The van der Waals surface area contributed by atoms with Crippen molar-refractivity contribution in [1.29, 1.82) is 0 Å². The highest BCUT2D eigenvalue weighted by Crippen LogP contribution is 2.30. The minimum atomic E-state index is -0.305. The van der Waals surface area contributed by atoms with Crippen LogP contribution in [-0.2, 0) is 6.54 Å². The first-order valence-electron chi connectivity index (χ1n) is 8.80. The van der Waals surface area contributed by atoms with E-state index >= 15 is 0 Å². The summed E-state index contributed by atoms with van der Waals surface area (Å²) < 4.78 is 10.4. The number of rotatable bonds is 6. The molecule has 0 saturated heterocycles. The number of nitrogens with one attached hydrogen (secondary N) is 2. The second kappa shape index (κ2) is 8.75. The molecule has 0 fully saturated rings. The van der Waals surface area contributed by atoms with Crippen LogP contribution in [0.2, 0.25) is 0 Å². The van der Waals surface area contributed by atoms with Crippen molar-refractivity contribution in [2.45, 2.75) is 20.4 Å². The number of carbonyl (C=O) groups excluding carboxylic acids is 1. The highest BCUT2D eigenvalue weighted by molar-refractivity contribution is 7.15. The molecular weight excluding hydrogens is 374 g/mol. The predicted octanol–water partition coefficient (Wildman–Crippen LogP) is 4.77. The molecular formula is C21H23N3O3S. The van der Waals surface area contributed by atoms with Crippen LogP contribution in [0.3, 0.4) is 0 Å². The van der Waals surface area contributed by atoms with E-state index < -0.39 is 0 Å². The number of hydrogen-bond donors (Lipinski definition) is 2. The molecule has 0 aliphatic heterocycles. The van der Waals surface area contributed by atoms with Gasteiger partial charge in [-0.1, -0.05) is 24.3 Å². The van der Waals surface area contributed by atoms with Gasteiger partial charge in [-0.25, -0.2) is 9.78 Å². The van der Waals surface area contributed by atoms with Gasteiger partial charge in [-0.2, -0.15) is 0 Å². The molecule has 1 aromatic heterocycles. The monoisotopic (exact) mass is 397 g/mol. The van der Waals surface area contributed by atoms with Crippen molar-refractivity contribution >= 4 is 23.1 Å². The summed E-state index contributed by atoms with van der Waals surface area (Å²) in [5, 5.41) is 6.65. The van der Waals surface area contributed by atoms with Crippen LogP contribution in [0.15, 0.2) is 42.5 Å². The molecule has 2 N–H and O–H groups in total. The summed E-state index contributed by atoms with van der Waals surface area (Å²) in [6, 6.07) is 13.1. The van der Waals surface area contributed by atoms with Crippen molar-refractivity contribution in [2.24, 2.45) is 0 Å². The first-order valence-corrected chi connectivity index (χ1v) is 9.62. The van der Waals surface area contributed by atoms with Crippen LogP contribution in [0.4, 0.5) is 10.5 Å². The second-order valence-corrected chi connectivity index (χ2v) is 7.34. The fourth-order valence-corrected chi connectivity index (χ4v) is 3.83. The van der Waals surface area contributed by atoms with Crippen LogP contribution in [0.5, 0.6) is 11.5 Å². The van der Waals surface area contributed by atoms with E-state index in [2.05, 4.69) is 34.7 Å². The number of carbonyl (C=O) groups is 1. The Morgan fingerprint density at radius 3 is 2.39 bits per heavy atom. The molecule has 6 nitrogen and oxygen atoms in total. The molecule has 2 aromatic carbocycles. The average molecular weight is 398 g/mol. The number of anilines is 1. The molecule has 0 aliphatic rings. The summed E-state index contributed by atoms with van der Waals surface area (Å²) in [5.74, 6) is 1.21. The van der Waals surface area contributed by atoms with Gasteiger partial charge < -0.3 is 20.1 Å². The van der Waals surface area contributed by atoms with Crippen molar-refractivity contribution < 1.29 is 14.3 Å². The van der Waals surface area contributed by atoms with Crippen molar-refractivity contribution in [3.05, 3.63) is 58.6 Å². The number of thiazole rings is 1. The molecule has 146 valence electrons. The molecule has 28 heavy (non-hydrogen) atoms. The van der Waals surface area contributed by atoms with E-state index in [-0.39, 0.29) is 6.03 Å². The van der Waals surface area contributed by atoms with E-state index in [1.807, 2.05) is 19.1 Å². The number of methoxy groups -OCH3 is 2. The molecule has 1 heterocycles. The number of aromatic nitrogens is 1. The lowest BCUT2D eigenvalue weighted by atomic mass is 10.1. The zero-order valence-corrected chi connectivity index (χ0v) is 17.1. The number of nitrogens with zero attached hydrogens (tertiary/aromatic N) is 1. The Kier molecular flexibility index (Phi) is 6.16. The number of aryl methyl sites for hydroxylation is 2. The first-order chi connectivity index (χ1) is 13.5. The molecule has 0 radical (unpaired) electrons. The number of urea groups is 1. The third-order valence-electron chi connectivity index (χ3n) is 4.29. The highest BCUT2D eigenvalue weighted by Gasteiger charge is 2.12. The third kappa shape index (κ3) is 4.61. The fraction of sp³-hybridized carbons (Fsp3) is 0.238. The minimum absolute atomic E-state index is 0.305. The third-order valence-corrected chi connectivity index (χ3v) is 5.48. The second-order valence-electron chi connectivity index (χ2n) is 6.25. The van der Waals surface area contributed by atoms with Gasteiger partial charge in [0, 0.05) is 34.3 Å². The van der Waals surface area contributed by atoms with Crippen molar-refractivity contribution in [3.8, 4) is 22.1 Å². The average Bonchev–Trinajstić information content (AvgIpc) is 3.06. The molecule has 0 unspecified atom stereocenters. The predicted molar refractivity (Wildman–Crippen MR) is 112 cm³/mol. The van der Waals surface area contributed by atoms with Gasteiger partial charge in [-0.15, -0.1) is 11.3 Å². The normalized spacial score (nSPS) is 10.4. The van der Waals surface area contributed by atoms with Gasteiger partial charge in [-0.05, 0) is 19.4 Å². The Labute approximate surface area is 168 Å². The number of hydrogen-bond acceptors (Lipinski definition) is 5. The van der Waals surface area contributed by atoms with E-state index in [1.165, 1.54) is 5.56 Å². The quantitative estimate of drug-likeness (QED) is 0.629. The van der Waals surface area contributed by atoms with E-state index in [1.54, 1.807) is 43.8 Å². The summed E-state index contributed by atoms with van der Waals surface area (Å²) >= 11 is 1.59. The zero-order valence-electron chi connectivity index (χ0n) is 16.3. The number of benzene rings is 2. The first kappa shape index (κ1) is 19.7. The zero-order chi connectivity index (χ0) is 20.1. The molecule has 0 atom stereocenters. The summed E-state index contributed by atoms with van der Waals surface area (Å²) in [5.41, 5.74) is 3.82. The fourth-order valence-electron chi connectivity index (χ4n) is 2.74. The summed E-state index contributed by atoms with van der Waals surface area (Å²) in [6.07, 6.45) is 0. The summed E-state index contributed by atoms with van der Waals surface area (Å²) in [7, 11) is 3.13. The molecule has 3 rings (SSSR count). The lowest BCUT2D eigenvalue weighted by Gasteiger charge is -2.10. The summed E-state index contributed by atoms with van der Waals surface area (Å²) in [4.78, 5) is 18.0. The van der Waals surface area contributed by atoms with Crippen LogP contribution >= 0.6 is 11.3 Å². The lowest BCUT2D eigenvalue weighted by Crippen LogP contribution is -2.28. The molecule has 0 bridgehead atoms.